The first-order valence-electron chi connectivity index (χ1n) is 5.17. The molecule has 0 fully saturated rings. The Morgan fingerprint density at radius 1 is 1.38 bits per heavy atom. The summed E-state index contributed by atoms with van der Waals surface area (Å²) in [5.74, 6) is 0. The van der Waals surface area contributed by atoms with E-state index in [1.54, 1.807) is 0 Å². The number of rotatable bonds is 3. The van der Waals surface area contributed by atoms with Gasteiger partial charge in [-0.25, -0.2) is 0 Å². The lowest BCUT2D eigenvalue weighted by molar-refractivity contribution is 0.532. The van der Waals surface area contributed by atoms with Gasteiger partial charge in [0, 0.05) is 17.8 Å². The second kappa shape index (κ2) is 4.68. The van der Waals surface area contributed by atoms with E-state index < -0.39 is 0 Å². The van der Waals surface area contributed by atoms with Crippen molar-refractivity contribution < 1.29 is 0 Å². The predicted octanol–water partition coefficient (Wildman–Crippen LogP) is 2.39. The molecule has 1 aromatic carbocycles. The zero-order chi connectivity index (χ0) is 11.5. The molecule has 1 heterocycles. The third kappa shape index (κ3) is 2.26. The smallest absolute Gasteiger partial charge is 0.0890 e. The average Bonchev–Trinajstić information content (AvgIpc) is 2.69. The number of benzene rings is 1. The number of hydrogen-bond acceptors (Lipinski definition) is 2. The Hall–Kier alpha value is -1.32. The van der Waals surface area contributed by atoms with Crippen LogP contribution >= 0.6 is 11.6 Å². The molecular weight excluding hydrogens is 222 g/mol. The third-order valence-corrected chi connectivity index (χ3v) is 2.78. The molecular formula is C12H14ClN3. The van der Waals surface area contributed by atoms with Gasteiger partial charge in [0.2, 0.25) is 0 Å². The van der Waals surface area contributed by atoms with Crippen molar-refractivity contribution in [2.24, 2.45) is 5.73 Å². The van der Waals surface area contributed by atoms with E-state index in [0.29, 0.717) is 6.54 Å². The Bertz CT molecular complexity index is 461. The fourth-order valence-corrected chi connectivity index (χ4v) is 1.81. The zero-order valence-corrected chi connectivity index (χ0v) is 9.85. The number of aromatic nitrogens is 2. The summed E-state index contributed by atoms with van der Waals surface area (Å²) in [7, 11) is 0. The maximum Gasteiger partial charge on any atom is 0.0890 e. The van der Waals surface area contributed by atoms with Crippen molar-refractivity contribution >= 4 is 11.6 Å². The van der Waals surface area contributed by atoms with E-state index in [9.17, 15) is 0 Å². The van der Waals surface area contributed by atoms with Crippen molar-refractivity contribution in [2.75, 3.05) is 6.54 Å². The lowest BCUT2D eigenvalue weighted by atomic mass is 10.1. The molecule has 2 rings (SSSR count). The van der Waals surface area contributed by atoms with Crippen molar-refractivity contribution in [3.8, 4) is 0 Å². The Kier molecular flexibility index (Phi) is 3.27. The van der Waals surface area contributed by atoms with Gasteiger partial charge in [-0.3, -0.25) is 4.68 Å². The number of nitrogens with zero attached hydrogens (tertiary/aromatic N) is 2. The highest BCUT2D eigenvalue weighted by Crippen LogP contribution is 2.19. The lowest BCUT2D eigenvalue weighted by Crippen LogP contribution is -2.20. The van der Waals surface area contributed by atoms with Crippen molar-refractivity contribution in [3.05, 3.63) is 52.8 Å². The quantitative estimate of drug-likeness (QED) is 0.888. The summed E-state index contributed by atoms with van der Waals surface area (Å²) in [5, 5.41) is 5.02. The minimum atomic E-state index is 0.0750. The average molecular weight is 236 g/mol. The summed E-state index contributed by atoms with van der Waals surface area (Å²) in [6.07, 6.45) is 3.82. The van der Waals surface area contributed by atoms with Crippen LogP contribution < -0.4 is 5.73 Å². The molecule has 0 saturated heterocycles. The molecule has 0 saturated carbocycles. The molecule has 1 atom stereocenters. The molecule has 0 aliphatic carbocycles. The van der Waals surface area contributed by atoms with E-state index in [-0.39, 0.29) is 6.04 Å². The van der Waals surface area contributed by atoms with E-state index in [1.165, 1.54) is 0 Å². The van der Waals surface area contributed by atoms with Crippen LogP contribution in [0.2, 0.25) is 5.02 Å². The number of nitrogens with two attached hydrogens (primary N) is 1. The second-order valence-electron chi connectivity index (χ2n) is 3.80. The molecule has 0 radical (unpaired) electrons. The molecule has 1 unspecified atom stereocenters. The van der Waals surface area contributed by atoms with E-state index in [4.69, 9.17) is 17.3 Å². The number of hydrogen-bond donors (Lipinski definition) is 1. The molecule has 0 aliphatic heterocycles. The van der Waals surface area contributed by atoms with Gasteiger partial charge >= 0.3 is 0 Å². The van der Waals surface area contributed by atoms with Crippen LogP contribution in [0.5, 0.6) is 0 Å². The first-order chi connectivity index (χ1) is 7.70. The zero-order valence-electron chi connectivity index (χ0n) is 9.10. The maximum absolute atomic E-state index is 5.86. The van der Waals surface area contributed by atoms with Gasteiger partial charge in [0.05, 0.1) is 12.2 Å². The molecule has 16 heavy (non-hydrogen) atoms. The Balaban J connectivity index is 2.32. The third-order valence-electron chi connectivity index (χ3n) is 2.53. The molecule has 2 aromatic rings. The van der Waals surface area contributed by atoms with Crippen molar-refractivity contribution in [1.82, 2.24) is 9.78 Å². The van der Waals surface area contributed by atoms with Gasteiger partial charge in [-0.15, -0.1) is 0 Å². The van der Waals surface area contributed by atoms with E-state index in [0.717, 1.165) is 16.1 Å². The van der Waals surface area contributed by atoms with Crippen LogP contribution in [0.15, 0.2) is 36.7 Å². The SMILES string of the molecule is Cc1cnn(C(CN)c2ccc(Cl)cc2)c1. The Labute approximate surface area is 99.8 Å². The van der Waals surface area contributed by atoms with Crippen molar-refractivity contribution in [2.45, 2.75) is 13.0 Å². The van der Waals surface area contributed by atoms with Gasteiger partial charge in [0.15, 0.2) is 0 Å². The number of halogens is 1. The Morgan fingerprint density at radius 2 is 2.06 bits per heavy atom. The minimum Gasteiger partial charge on any atom is -0.328 e. The summed E-state index contributed by atoms with van der Waals surface area (Å²) >= 11 is 5.86. The Morgan fingerprint density at radius 3 is 2.56 bits per heavy atom. The number of aryl methyl sites for hydroxylation is 1. The molecule has 84 valence electrons. The van der Waals surface area contributed by atoms with E-state index >= 15 is 0 Å². The van der Waals surface area contributed by atoms with Gasteiger partial charge in [-0.1, -0.05) is 23.7 Å². The molecule has 4 heteroatoms. The van der Waals surface area contributed by atoms with Gasteiger partial charge in [0.25, 0.3) is 0 Å². The summed E-state index contributed by atoms with van der Waals surface area (Å²) in [6, 6.07) is 7.78. The van der Waals surface area contributed by atoms with Crippen molar-refractivity contribution in [3.63, 3.8) is 0 Å². The van der Waals surface area contributed by atoms with Crippen LogP contribution in [0.4, 0.5) is 0 Å². The second-order valence-corrected chi connectivity index (χ2v) is 4.24. The fourth-order valence-electron chi connectivity index (χ4n) is 1.69. The largest absolute Gasteiger partial charge is 0.328 e. The lowest BCUT2D eigenvalue weighted by Gasteiger charge is -2.15. The van der Waals surface area contributed by atoms with Gasteiger partial charge in [-0.05, 0) is 30.2 Å². The van der Waals surface area contributed by atoms with Crippen LogP contribution in [0.1, 0.15) is 17.2 Å². The van der Waals surface area contributed by atoms with Gasteiger partial charge in [0.1, 0.15) is 0 Å². The van der Waals surface area contributed by atoms with Crippen LogP contribution in [0.3, 0.4) is 0 Å². The molecule has 0 bridgehead atoms. The molecule has 0 spiro atoms. The molecule has 2 N–H and O–H groups in total. The standard InChI is InChI=1S/C12H14ClN3/c1-9-7-15-16(8-9)12(6-14)10-2-4-11(13)5-3-10/h2-5,7-8,12H,6,14H2,1H3. The predicted molar refractivity (Wildman–Crippen MR) is 65.6 cm³/mol. The maximum atomic E-state index is 5.86. The van der Waals surface area contributed by atoms with Crippen LogP contribution in [-0.4, -0.2) is 16.3 Å². The highest BCUT2D eigenvalue weighted by Gasteiger charge is 2.12. The summed E-state index contributed by atoms with van der Waals surface area (Å²) in [4.78, 5) is 0. The minimum absolute atomic E-state index is 0.0750. The highest BCUT2D eigenvalue weighted by atomic mass is 35.5. The van der Waals surface area contributed by atoms with Crippen LogP contribution in [0, 0.1) is 6.92 Å². The highest BCUT2D eigenvalue weighted by molar-refractivity contribution is 6.30. The molecule has 0 amide bonds. The van der Waals surface area contributed by atoms with Crippen molar-refractivity contribution in [1.29, 1.82) is 0 Å². The van der Waals surface area contributed by atoms with Crippen LogP contribution in [0.25, 0.3) is 0 Å². The van der Waals surface area contributed by atoms with Crippen LogP contribution in [-0.2, 0) is 0 Å². The van der Waals surface area contributed by atoms with Gasteiger partial charge in [-0.2, -0.15) is 5.10 Å². The van der Waals surface area contributed by atoms with E-state index in [1.807, 2.05) is 48.3 Å². The fraction of sp³-hybridized carbons (Fsp3) is 0.250. The first-order valence-corrected chi connectivity index (χ1v) is 5.55. The monoisotopic (exact) mass is 235 g/mol. The molecule has 3 nitrogen and oxygen atoms in total. The normalized spacial score (nSPS) is 12.7. The summed E-state index contributed by atoms with van der Waals surface area (Å²) in [5.41, 5.74) is 8.04. The summed E-state index contributed by atoms with van der Waals surface area (Å²) < 4.78 is 1.89. The van der Waals surface area contributed by atoms with E-state index in [2.05, 4.69) is 5.10 Å². The first kappa shape index (κ1) is 11.2. The topological polar surface area (TPSA) is 43.8 Å². The molecule has 0 aliphatic rings. The molecule has 1 aromatic heterocycles. The summed E-state index contributed by atoms with van der Waals surface area (Å²) in [6.45, 7) is 2.53. The van der Waals surface area contributed by atoms with Gasteiger partial charge < -0.3 is 5.73 Å².